The third kappa shape index (κ3) is 4.86. The van der Waals surface area contributed by atoms with E-state index in [9.17, 15) is 9.59 Å². The van der Waals surface area contributed by atoms with Crippen LogP contribution in [0.3, 0.4) is 0 Å². The van der Waals surface area contributed by atoms with Crippen molar-refractivity contribution in [1.29, 1.82) is 0 Å². The van der Waals surface area contributed by atoms with Crippen LogP contribution < -0.4 is 25.7 Å². The first kappa shape index (κ1) is 20.9. The fourth-order valence-electron chi connectivity index (χ4n) is 3.17. The molecule has 0 aliphatic carbocycles. The predicted octanol–water partition coefficient (Wildman–Crippen LogP) is 4.23. The molecular formula is C24H22N4O4. The summed E-state index contributed by atoms with van der Waals surface area (Å²) < 4.78 is 12.4. The summed E-state index contributed by atoms with van der Waals surface area (Å²) in [5.41, 5.74) is 3.07. The zero-order chi connectivity index (χ0) is 22.5. The quantitative estimate of drug-likeness (QED) is 0.477. The minimum atomic E-state index is -0.382. The average molecular weight is 430 g/mol. The number of benzene rings is 2. The largest absolute Gasteiger partial charge is 0.497 e. The molecule has 0 unspecified atom stereocenters. The number of ether oxygens (including phenoxy) is 2. The third-order valence-corrected chi connectivity index (χ3v) is 4.77. The van der Waals surface area contributed by atoms with Gasteiger partial charge in [-0.2, -0.15) is 0 Å². The molecule has 162 valence electrons. The number of hydrogen-bond donors (Lipinski definition) is 2. The first-order chi connectivity index (χ1) is 15.5. The summed E-state index contributed by atoms with van der Waals surface area (Å²) in [7, 11) is 1.58. The van der Waals surface area contributed by atoms with Gasteiger partial charge in [-0.05, 0) is 55.0 Å². The highest BCUT2D eigenvalue weighted by molar-refractivity contribution is 5.99. The molecule has 4 aromatic rings. The van der Waals surface area contributed by atoms with Crippen LogP contribution in [0.25, 0.3) is 5.65 Å². The molecule has 0 bridgehead atoms. The van der Waals surface area contributed by atoms with Gasteiger partial charge in [0.2, 0.25) is 0 Å². The lowest BCUT2D eigenvalue weighted by molar-refractivity contribution is 0.262. The maximum absolute atomic E-state index is 12.3. The number of nitrogens with zero attached hydrogens (tertiary/aromatic N) is 2. The lowest BCUT2D eigenvalue weighted by atomic mass is 10.3. The number of rotatable bonds is 6. The fraction of sp³-hybridized carbons (Fsp3) is 0.125. The number of urea groups is 1. The highest BCUT2D eigenvalue weighted by Gasteiger charge is 2.07. The van der Waals surface area contributed by atoms with Gasteiger partial charge < -0.3 is 20.1 Å². The van der Waals surface area contributed by atoms with Crippen molar-refractivity contribution in [3.8, 4) is 11.5 Å². The molecule has 2 amide bonds. The maximum atomic E-state index is 12.3. The lowest BCUT2D eigenvalue weighted by Gasteiger charge is -2.11. The zero-order valence-corrected chi connectivity index (χ0v) is 17.7. The molecular weight excluding hydrogens is 408 g/mol. The molecule has 4 rings (SSSR count). The van der Waals surface area contributed by atoms with Gasteiger partial charge in [0.15, 0.2) is 0 Å². The minimum Gasteiger partial charge on any atom is -0.497 e. The van der Waals surface area contributed by atoms with E-state index in [1.54, 1.807) is 61.8 Å². The summed E-state index contributed by atoms with van der Waals surface area (Å²) in [5.74, 6) is 1.25. The molecule has 0 atom stereocenters. The van der Waals surface area contributed by atoms with Crippen LogP contribution in [0.1, 0.15) is 11.3 Å². The van der Waals surface area contributed by atoms with Crippen molar-refractivity contribution in [2.24, 2.45) is 0 Å². The summed E-state index contributed by atoms with van der Waals surface area (Å²) in [6.07, 6.45) is 1.69. The number of carbonyl (C=O) groups is 1. The summed E-state index contributed by atoms with van der Waals surface area (Å²) in [4.78, 5) is 29.1. The Balaban J connectivity index is 1.41. The molecule has 0 fully saturated rings. The van der Waals surface area contributed by atoms with E-state index in [0.717, 1.165) is 5.56 Å². The molecule has 0 saturated carbocycles. The summed E-state index contributed by atoms with van der Waals surface area (Å²) in [6, 6.07) is 18.8. The number of anilines is 2. The number of amides is 2. The number of fused-ring (bicyclic) bond motifs is 1. The molecule has 2 aromatic carbocycles. The highest BCUT2D eigenvalue weighted by Crippen LogP contribution is 2.20. The number of pyridine rings is 1. The summed E-state index contributed by atoms with van der Waals surface area (Å²) >= 11 is 0. The lowest BCUT2D eigenvalue weighted by Crippen LogP contribution is -2.19. The third-order valence-electron chi connectivity index (χ3n) is 4.77. The first-order valence-corrected chi connectivity index (χ1v) is 9.95. The van der Waals surface area contributed by atoms with Gasteiger partial charge in [0.25, 0.3) is 5.56 Å². The fourth-order valence-corrected chi connectivity index (χ4v) is 3.17. The summed E-state index contributed by atoms with van der Waals surface area (Å²) in [5, 5.41) is 5.52. The van der Waals surface area contributed by atoms with E-state index < -0.39 is 0 Å². The number of hydrogen-bond acceptors (Lipinski definition) is 5. The van der Waals surface area contributed by atoms with E-state index in [0.29, 0.717) is 34.2 Å². The predicted molar refractivity (Wildman–Crippen MR) is 123 cm³/mol. The van der Waals surface area contributed by atoms with Crippen molar-refractivity contribution in [3.05, 3.63) is 94.5 Å². The van der Waals surface area contributed by atoms with Crippen LogP contribution in [0.15, 0.2) is 77.7 Å². The maximum Gasteiger partial charge on any atom is 0.323 e. The normalized spacial score (nSPS) is 10.6. The molecule has 32 heavy (non-hydrogen) atoms. The number of aryl methyl sites for hydroxylation is 1. The minimum absolute atomic E-state index is 0.127. The summed E-state index contributed by atoms with van der Waals surface area (Å²) in [6.45, 7) is 2.03. The van der Waals surface area contributed by atoms with Crippen molar-refractivity contribution in [1.82, 2.24) is 9.38 Å². The van der Waals surface area contributed by atoms with Gasteiger partial charge in [0.1, 0.15) is 23.8 Å². The smallest absolute Gasteiger partial charge is 0.323 e. The zero-order valence-electron chi connectivity index (χ0n) is 17.7. The van der Waals surface area contributed by atoms with E-state index >= 15 is 0 Å². The Morgan fingerprint density at radius 3 is 2.53 bits per heavy atom. The first-order valence-electron chi connectivity index (χ1n) is 9.95. The SMILES string of the molecule is COc1ccc(NC(=O)Nc2cccc(OCc3cc(=O)n4cccc(C)c4n3)c2)cc1. The van der Waals surface area contributed by atoms with Crippen molar-refractivity contribution in [2.45, 2.75) is 13.5 Å². The molecule has 0 saturated heterocycles. The van der Waals surface area contributed by atoms with Gasteiger partial charge in [-0.1, -0.05) is 12.1 Å². The van der Waals surface area contributed by atoms with Crippen LogP contribution in [0.2, 0.25) is 0 Å². The van der Waals surface area contributed by atoms with Gasteiger partial charge in [-0.25, -0.2) is 9.78 Å². The molecule has 8 nitrogen and oxygen atoms in total. The molecule has 2 N–H and O–H groups in total. The van der Waals surface area contributed by atoms with E-state index in [2.05, 4.69) is 15.6 Å². The molecule has 0 spiro atoms. The number of aromatic nitrogens is 2. The van der Waals surface area contributed by atoms with Gasteiger partial charge in [0, 0.05) is 29.7 Å². The monoisotopic (exact) mass is 430 g/mol. The van der Waals surface area contributed by atoms with Gasteiger partial charge in [0.05, 0.1) is 12.8 Å². The Labute approximate surface area is 184 Å². The Bertz CT molecular complexity index is 1320. The number of methoxy groups -OCH3 is 1. The van der Waals surface area contributed by atoms with E-state index in [1.807, 2.05) is 19.1 Å². The molecule has 0 aliphatic heterocycles. The second kappa shape index (κ2) is 9.22. The molecule has 0 radical (unpaired) electrons. The number of nitrogens with one attached hydrogen (secondary N) is 2. The molecule has 2 aromatic heterocycles. The van der Waals surface area contributed by atoms with Gasteiger partial charge >= 0.3 is 6.03 Å². The van der Waals surface area contributed by atoms with Crippen LogP contribution >= 0.6 is 0 Å². The highest BCUT2D eigenvalue weighted by atomic mass is 16.5. The average Bonchev–Trinajstić information content (AvgIpc) is 2.79. The second-order valence-corrected chi connectivity index (χ2v) is 7.09. The van der Waals surface area contributed by atoms with Crippen LogP contribution in [0, 0.1) is 6.92 Å². The Morgan fingerprint density at radius 2 is 1.75 bits per heavy atom. The Kier molecular flexibility index (Phi) is 6.03. The molecule has 2 heterocycles. The topological polar surface area (TPSA) is 94.0 Å². The van der Waals surface area contributed by atoms with Crippen molar-refractivity contribution in [3.63, 3.8) is 0 Å². The van der Waals surface area contributed by atoms with Crippen LogP contribution in [-0.2, 0) is 6.61 Å². The second-order valence-electron chi connectivity index (χ2n) is 7.09. The molecule has 8 heteroatoms. The Hall–Kier alpha value is -4.33. The van der Waals surface area contributed by atoms with E-state index in [-0.39, 0.29) is 18.2 Å². The van der Waals surface area contributed by atoms with Crippen LogP contribution in [0.5, 0.6) is 11.5 Å². The van der Waals surface area contributed by atoms with Crippen LogP contribution in [0.4, 0.5) is 16.2 Å². The Morgan fingerprint density at radius 1 is 0.969 bits per heavy atom. The van der Waals surface area contributed by atoms with E-state index in [4.69, 9.17) is 9.47 Å². The van der Waals surface area contributed by atoms with Crippen molar-refractivity contribution >= 4 is 23.1 Å². The molecule has 0 aliphatic rings. The van der Waals surface area contributed by atoms with Gasteiger partial charge in [-0.15, -0.1) is 0 Å². The van der Waals surface area contributed by atoms with Crippen molar-refractivity contribution < 1.29 is 14.3 Å². The standard InChI is InChI=1S/C24H22N4O4/c1-16-5-4-12-28-22(29)14-19(25-23(16)28)15-32-21-7-3-6-18(13-21)27-24(30)26-17-8-10-20(31-2)11-9-17/h3-14H,15H2,1-2H3,(H2,26,27,30). The van der Waals surface area contributed by atoms with E-state index in [1.165, 1.54) is 10.5 Å². The van der Waals surface area contributed by atoms with Crippen LogP contribution in [-0.4, -0.2) is 22.5 Å². The van der Waals surface area contributed by atoms with Gasteiger partial charge in [-0.3, -0.25) is 9.20 Å². The number of carbonyl (C=O) groups excluding carboxylic acids is 1. The van der Waals surface area contributed by atoms with Crippen molar-refractivity contribution in [2.75, 3.05) is 17.7 Å².